The predicted molar refractivity (Wildman–Crippen MR) is 286 cm³/mol. The summed E-state index contributed by atoms with van der Waals surface area (Å²) in [6.45, 7) is 4.09. The Morgan fingerprint density at radius 1 is 0.403 bits per heavy atom. The largest absolute Gasteiger partial charge is 0.504 e. The average molecular weight is 945 g/mol. The van der Waals surface area contributed by atoms with Crippen LogP contribution in [0.25, 0.3) is 90.9 Å². The molecule has 9 aromatic rings. The van der Waals surface area contributed by atoms with Crippen molar-refractivity contribution in [2.45, 2.75) is 13.8 Å². The molecule has 72 heavy (non-hydrogen) atoms. The fourth-order valence-corrected chi connectivity index (χ4v) is 9.19. The lowest BCUT2D eigenvalue weighted by Crippen LogP contribution is -2.12. The van der Waals surface area contributed by atoms with E-state index in [-0.39, 0.29) is 11.1 Å². The fraction of sp³-hybridized carbons (Fsp3) is 0.0333. The molecule has 0 saturated heterocycles. The Morgan fingerprint density at radius 2 is 0.736 bits per heavy atom. The van der Waals surface area contributed by atoms with Gasteiger partial charge in [-0.2, -0.15) is 0 Å². The van der Waals surface area contributed by atoms with Crippen molar-refractivity contribution in [3.05, 3.63) is 203 Å². The summed E-state index contributed by atoms with van der Waals surface area (Å²) >= 11 is 0. The SMILES string of the molecule is Cc1ccc(-c2c3nc(c(-c4cccc(NC(=O)c5cccc(O)c5O)c4)c4ccc([nH]4)c(-c4ccc(C)cc4)c4nc(c(-c5cccc(NC(=O)c6cccc(O)c6O)c5)c5ccc2[nH]5)C=C4)C=C3)cc1. The van der Waals surface area contributed by atoms with E-state index in [1.807, 2.05) is 98.8 Å². The van der Waals surface area contributed by atoms with Crippen LogP contribution in [-0.2, 0) is 0 Å². The van der Waals surface area contributed by atoms with Gasteiger partial charge in [-0.25, -0.2) is 9.97 Å². The number of fused-ring (bicyclic) bond motifs is 8. The number of benzene rings is 6. The van der Waals surface area contributed by atoms with Crippen molar-refractivity contribution in [1.29, 1.82) is 0 Å². The minimum atomic E-state index is -0.591. The van der Waals surface area contributed by atoms with Crippen LogP contribution in [-0.4, -0.2) is 52.2 Å². The number of phenols is 4. The first-order valence-corrected chi connectivity index (χ1v) is 23.1. The Labute approximate surface area is 412 Å². The Balaban J connectivity index is 1.17. The smallest absolute Gasteiger partial charge is 0.259 e. The molecule has 0 atom stereocenters. The average Bonchev–Trinajstić information content (AvgIpc) is 4.23. The van der Waals surface area contributed by atoms with Crippen LogP contribution in [0.5, 0.6) is 23.0 Å². The summed E-state index contributed by atoms with van der Waals surface area (Å²) in [4.78, 5) is 45.3. The fourth-order valence-electron chi connectivity index (χ4n) is 9.19. The Morgan fingerprint density at radius 3 is 1.10 bits per heavy atom. The maximum Gasteiger partial charge on any atom is 0.259 e. The highest BCUT2D eigenvalue weighted by atomic mass is 16.3. The first kappa shape index (κ1) is 44.6. The number of carbonyl (C=O) groups excluding carboxylic acids is 2. The topological polar surface area (TPSA) is 196 Å². The van der Waals surface area contributed by atoms with Crippen LogP contribution in [0.4, 0.5) is 11.4 Å². The van der Waals surface area contributed by atoms with E-state index in [0.717, 1.165) is 77.7 Å². The molecule has 2 amide bonds. The quantitative estimate of drug-likeness (QED) is 0.0689. The van der Waals surface area contributed by atoms with Crippen LogP contribution in [0.2, 0.25) is 0 Å². The van der Waals surface area contributed by atoms with Gasteiger partial charge in [0.25, 0.3) is 11.8 Å². The van der Waals surface area contributed by atoms with E-state index in [0.29, 0.717) is 34.2 Å². The Hall–Kier alpha value is -9.94. The second kappa shape index (κ2) is 18.2. The minimum Gasteiger partial charge on any atom is -0.504 e. The number of para-hydroxylation sites is 2. The van der Waals surface area contributed by atoms with E-state index in [1.165, 1.54) is 36.4 Å². The van der Waals surface area contributed by atoms with Crippen LogP contribution < -0.4 is 10.6 Å². The van der Waals surface area contributed by atoms with Gasteiger partial charge in [0.15, 0.2) is 23.0 Å². The highest BCUT2D eigenvalue weighted by Crippen LogP contribution is 2.40. The Kier molecular flexibility index (Phi) is 11.3. The summed E-state index contributed by atoms with van der Waals surface area (Å²) in [5.74, 6) is -2.99. The van der Waals surface area contributed by atoms with E-state index in [2.05, 4.69) is 69.1 Å². The molecule has 350 valence electrons. The molecule has 0 saturated carbocycles. The zero-order chi connectivity index (χ0) is 49.6. The van der Waals surface area contributed by atoms with Crippen molar-refractivity contribution in [2.24, 2.45) is 0 Å². The molecule has 12 nitrogen and oxygen atoms in total. The van der Waals surface area contributed by atoms with Crippen molar-refractivity contribution < 1.29 is 30.0 Å². The van der Waals surface area contributed by atoms with Gasteiger partial charge < -0.3 is 41.0 Å². The number of hydrogen-bond acceptors (Lipinski definition) is 8. The number of hydrogen-bond donors (Lipinski definition) is 8. The summed E-state index contributed by atoms with van der Waals surface area (Å²) in [5, 5.41) is 47.1. The molecule has 6 aromatic carbocycles. The molecule has 0 spiro atoms. The number of phenolic OH excluding ortho intramolecular Hbond substituents is 4. The second-order valence-corrected chi connectivity index (χ2v) is 17.7. The number of aromatic amines is 2. The summed E-state index contributed by atoms with van der Waals surface area (Å²) in [5.41, 5.74) is 15.3. The standard InChI is InChI=1S/C60H44N6O6/c1-33-15-19-35(20-16-33)53-43-23-27-47(63-43)55(37-7-3-9-39(31-37)61-59(71)41-11-5-13-51(67)57(41)69)49-29-25-45(65-49)54(36-21-17-34(2)18-22-36)46-26-30-50(66-46)56(48-28-24-44(53)64-48)38-8-4-10-40(32-38)62-60(72)42-12-6-14-52(68)58(42)70/h3-32,63,66-70H,1-2H3,(H,61,71)(H,62,72). The van der Waals surface area contributed by atoms with Crippen LogP contribution in [0.15, 0.2) is 158 Å². The third-order valence-corrected chi connectivity index (χ3v) is 12.8. The van der Waals surface area contributed by atoms with Crippen molar-refractivity contribution in [1.82, 2.24) is 19.9 Å². The first-order chi connectivity index (χ1) is 34.9. The second-order valence-electron chi connectivity index (χ2n) is 17.7. The summed E-state index contributed by atoms with van der Waals surface area (Å²) in [6, 6.07) is 47.9. The van der Waals surface area contributed by atoms with Crippen molar-refractivity contribution in [3.8, 4) is 67.5 Å². The van der Waals surface area contributed by atoms with Gasteiger partial charge in [-0.05, 0) is 133 Å². The van der Waals surface area contributed by atoms with Gasteiger partial charge in [-0.15, -0.1) is 0 Å². The molecule has 8 bridgehead atoms. The van der Waals surface area contributed by atoms with Crippen LogP contribution in [0.1, 0.15) is 54.6 Å². The molecule has 0 aliphatic carbocycles. The number of H-pyrrole nitrogens is 2. The monoisotopic (exact) mass is 944 g/mol. The van der Waals surface area contributed by atoms with Gasteiger partial charge >= 0.3 is 0 Å². The molecule has 2 aliphatic heterocycles. The van der Waals surface area contributed by atoms with E-state index in [1.54, 1.807) is 12.1 Å². The number of aromatic nitrogens is 4. The highest BCUT2D eigenvalue weighted by Gasteiger charge is 2.21. The van der Waals surface area contributed by atoms with Gasteiger partial charge in [0.2, 0.25) is 0 Å². The van der Waals surface area contributed by atoms with Gasteiger partial charge in [-0.3, -0.25) is 9.59 Å². The molecule has 11 rings (SSSR count). The molecule has 3 aromatic heterocycles. The van der Waals surface area contributed by atoms with Crippen LogP contribution >= 0.6 is 0 Å². The first-order valence-electron chi connectivity index (χ1n) is 23.1. The van der Waals surface area contributed by atoms with Crippen molar-refractivity contribution in [3.63, 3.8) is 0 Å². The third kappa shape index (κ3) is 8.39. The summed E-state index contributed by atoms with van der Waals surface area (Å²) in [6.07, 6.45) is 7.97. The number of rotatable bonds is 8. The normalized spacial score (nSPS) is 11.7. The van der Waals surface area contributed by atoms with Gasteiger partial charge in [-0.1, -0.05) is 96.1 Å². The predicted octanol–water partition coefficient (Wildman–Crippen LogP) is 13.3. The van der Waals surface area contributed by atoms with Crippen LogP contribution in [0, 0.1) is 13.8 Å². The lowest BCUT2D eigenvalue weighted by molar-refractivity contribution is 0.101. The number of nitrogens with one attached hydrogen (secondary N) is 4. The Bertz CT molecular complexity index is 3670. The molecular weight excluding hydrogens is 901 g/mol. The third-order valence-electron chi connectivity index (χ3n) is 12.8. The van der Waals surface area contributed by atoms with E-state index >= 15 is 0 Å². The maximum absolute atomic E-state index is 13.5. The molecule has 0 radical (unpaired) electrons. The van der Waals surface area contributed by atoms with Crippen LogP contribution in [0.3, 0.4) is 0 Å². The minimum absolute atomic E-state index is 0.0701. The molecule has 12 heteroatoms. The lowest BCUT2D eigenvalue weighted by Gasteiger charge is -2.11. The molecule has 2 aliphatic rings. The molecule has 5 heterocycles. The zero-order valence-electron chi connectivity index (χ0n) is 38.8. The highest BCUT2D eigenvalue weighted by molar-refractivity contribution is 6.08. The maximum atomic E-state index is 13.5. The summed E-state index contributed by atoms with van der Waals surface area (Å²) in [7, 11) is 0. The number of nitrogens with zero attached hydrogens (tertiary/aromatic N) is 2. The molecule has 0 unspecified atom stereocenters. The number of carbonyl (C=O) groups is 2. The van der Waals surface area contributed by atoms with Crippen molar-refractivity contribution >= 4 is 69.6 Å². The number of anilines is 2. The lowest BCUT2D eigenvalue weighted by atomic mass is 10.0. The van der Waals surface area contributed by atoms with Gasteiger partial charge in [0.1, 0.15) is 0 Å². The van der Waals surface area contributed by atoms with Gasteiger partial charge in [0.05, 0.1) is 33.9 Å². The van der Waals surface area contributed by atoms with E-state index in [9.17, 15) is 30.0 Å². The molecular formula is C60H44N6O6. The van der Waals surface area contributed by atoms with E-state index < -0.39 is 34.8 Å². The molecule has 8 N–H and O–H groups in total. The number of amides is 2. The van der Waals surface area contributed by atoms with Gasteiger partial charge in [0, 0.05) is 55.7 Å². The number of aromatic hydroxyl groups is 4. The van der Waals surface area contributed by atoms with Crippen molar-refractivity contribution in [2.75, 3.05) is 10.6 Å². The summed E-state index contributed by atoms with van der Waals surface area (Å²) < 4.78 is 0. The zero-order valence-corrected chi connectivity index (χ0v) is 38.8. The van der Waals surface area contributed by atoms with E-state index in [4.69, 9.17) is 9.97 Å². The number of aryl methyl sites for hydroxylation is 2. The molecule has 0 fully saturated rings.